The van der Waals surface area contributed by atoms with E-state index >= 15 is 0 Å². The summed E-state index contributed by atoms with van der Waals surface area (Å²) >= 11 is 0. The van der Waals surface area contributed by atoms with Crippen molar-refractivity contribution in [1.29, 1.82) is 0 Å². The SMILES string of the molecule is NC(=O)COc1ccc2c(c1)O/C(=C\c1ccc([N+](=O)[O-])cc1)C2=O. The van der Waals surface area contributed by atoms with E-state index in [1.165, 1.54) is 48.5 Å². The van der Waals surface area contributed by atoms with Gasteiger partial charge in [0.25, 0.3) is 11.6 Å². The third kappa shape index (κ3) is 3.47. The number of amides is 1. The molecular weight excluding hydrogens is 328 g/mol. The number of carbonyl (C=O) groups excluding carboxylic acids is 2. The van der Waals surface area contributed by atoms with E-state index in [4.69, 9.17) is 15.2 Å². The number of non-ortho nitro benzene ring substituents is 1. The van der Waals surface area contributed by atoms with E-state index in [2.05, 4.69) is 0 Å². The smallest absolute Gasteiger partial charge is 0.269 e. The van der Waals surface area contributed by atoms with Crippen LogP contribution in [0.2, 0.25) is 0 Å². The van der Waals surface area contributed by atoms with E-state index in [-0.39, 0.29) is 23.8 Å². The number of rotatable bonds is 5. The van der Waals surface area contributed by atoms with Gasteiger partial charge in [-0.3, -0.25) is 19.7 Å². The lowest BCUT2D eigenvalue weighted by molar-refractivity contribution is -0.384. The van der Waals surface area contributed by atoms with Crippen molar-refractivity contribution in [1.82, 2.24) is 0 Å². The lowest BCUT2D eigenvalue weighted by atomic mass is 10.1. The highest BCUT2D eigenvalue weighted by atomic mass is 16.6. The van der Waals surface area contributed by atoms with Crippen LogP contribution in [0.5, 0.6) is 11.5 Å². The van der Waals surface area contributed by atoms with Crippen LogP contribution in [0.25, 0.3) is 6.08 Å². The summed E-state index contributed by atoms with van der Waals surface area (Å²) in [5.74, 6) is -0.177. The molecule has 1 heterocycles. The number of allylic oxidation sites excluding steroid dienone is 1. The van der Waals surface area contributed by atoms with E-state index in [1.54, 1.807) is 0 Å². The van der Waals surface area contributed by atoms with Crippen molar-refractivity contribution < 1.29 is 24.0 Å². The van der Waals surface area contributed by atoms with Crippen LogP contribution in [0.15, 0.2) is 48.2 Å². The summed E-state index contributed by atoms with van der Waals surface area (Å²) in [5, 5.41) is 10.7. The summed E-state index contributed by atoms with van der Waals surface area (Å²) in [6.07, 6.45) is 1.50. The number of nitro benzene ring substituents is 1. The van der Waals surface area contributed by atoms with Crippen molar-refractivity contribution in [3.8, 4) is 11.5 Å². The zero-order valence-electron chi connectivity index (χ0n) is 12.8. The third-order valence-corrected chi connectivity index (χ3v) is 3.42. The molecule has 2 aromatic rings. The summed E-state index contributed by atoms with van der Waals surface area (Å²) in [7, 11) is 0. The molecule has 3 rings (SSSR count). The first-order chi connectivity index (χ1) is 11.9. The molecule has 8 heteroatoms. The van der Waals surface area contributed by atoms with Gasteiger partial charge in [0.15, 0.2) is 12.4 Å². The highest BCUT2D eigenvalue weighted by Gasteiger charge is 2.27. The number of carbonyl (C=O) groups is 2. The summed E-state index contributed by atoms with van der Waals surface area (Å²) in [6, 6.07) is 10.3. The minimum absolute atomic E-state index is 0.0413. The number of fused-ring (bicyclic) bond motifs is 1. The van der Waals surface area contributed by atoms with Crippen LogP contribution >= 0.6 is 0 Å². The van der Waals surface area contributed by atoms with Crippen LogP contribution in [0.3, 0.4) is 0 Å². The second kappa shape index (κ2) is 6.44. The lowest BCUT2D eigenvalue weighted by Crippen LogP contribution is -2.19. The fraction of sp³-hybridized carbons (Fsp3) is 0.0588. The second-order valence-corrected chi connectivity index (χ2v) is 5.20. The maximum Gasteiger partial charge on any atom is 0.269 e. The Morgan fingerprint density at radius 3 is 2.60 bits per heavy atom. The van der Waals surface area contributed by atoms with Gasteiger partial charge >= 0.3 is 0 Å². The predicted octanol–water partition coefficient (Wildman–Crippen LogP) is 2.08. The molecule has 0 radical (unpaired) electrons. The standard InChI is InChI=1S/C17H12N2O6/c18-16(20)9-24-12-5-6-13-14(8-12)25-15(17(13)21)7-10-1-3-11(4-2-10)19(22)23/h1-8H,9H2,(H2,18,20)/b15-7-. The zero-order valence-corrected chi connectivity index (χ0v) is 12.8. The summed E-state index contributed by atoms with van der Waals surface area (Å²) in [4.78, 5) is 33.2. The van der Waals surface area contributed by atoms with Gasteiger partial charge in [-0.05, 0) is 35.9 Å². The number of hydrogen-bond acceptors (Lipinski definition) is 6. The molecular formula is C17H12N2O6. The number of Topliss-reactive ketones (excluding diaryl/α,β-unsaturated/α-hetero) is 1. The summed E-state index contributed by atoms with van der Waals surface area (Å²) < 4.78 is 10.7. The Morgan fingerprint density at radius 1 is 1.24 bits per heavy atom. The van der Waals surface area contributed by atoms with Crippen molar-refractivity contribution in [3.05, 3.63) is 69.5 Å². The second-order valence-electron chi connectivity index (χ2n) is 5.20. The molecule has 25 heavy (non-hydrogen) atoms. The number of nitro groups is 1. The summed E-state index contributed by atoms with van der Waals surface area (Å²) in [6.45, 7) is -0.280. The quantitative estimate of drug-likeness (QED) is 0.505. The molecule has 0 saturated heterocycles. The van der Waals surface area contributed by atoms with Gasteiger partial charge in [0.05, 0.1) is 10.5 Å². The van der Waals surface area contributed by atoms with Gasteiger partial charge in [0.1, 0.15) is 11.5 Å². The van der Waals surface area contributed by atoms with E-state index < -0.39 is 10.8 Å². The van der Waals surface area contributed by atoms with E-state index in [0.717, 1.165) is 0 Å². The van der Waals surface area contributed by atoms with Gasteiger partial charge in [-0.2, -0.15) is 0 Å². The van der Waals surface area contributed by atoms with Crippen LogP contribution in [0.1, 0.15) is 15.9 Å². The maximum atomic E-state index is 12.3. The van der Waals surface area contributed by atoms with E-state index in [1.807, 2.05) is 0 Å². The largest absolute Gasteiger partial charge is 0.484 e. The number of nitrogens with zero attached hydrogens (tertiary/aromatic N) is 1. The number of ketones is 1. The molecule has 1 aliphatic rings. The number of primary amides is 1. The first-order valence-corrected chi connectivity index (χ1v) is 7.18. The first kappa shape index (κ1) is 16.2. The molecule has 0 aromatic heterocycles. The Morgan fingerprint density at radius 2 is 1.96 bits per heavy atom. The van der Waals surface area contributed by atoms with Crippen LogP contribution in [0, 0.1) is 10.1 Å². The monoisotopic (exact) mass is 340 g/mol. The van der Waals surface area contributed by atoms with Crippen molar-refractivity contribution in [2.45, 2.75) is 0 Å². The van der Waals surface area contributed by atoms with Crippen molar-refractivity contribution >= 4 is 23.5 Å². The number of nitrogens with two attached hydrogens (primary N) is 1. The van der Waals surface area contributed by atoms with Crippen molar-refractivity contribution in [3.63, 3.8) is 0 Å². The van der Waals surface area contributed by atoms with E-state index in [9.17, 15) is 19.7 Å². The molecule has 2 aromatic carbocycles. The Kier molecular flexibility index (Phi) is 4.17. The molecule has 1 aliphatic heterocycles. The normalized spacial score (nSPS) is 14.1. The Hall–Kier alpha value is -3.68. The molecule has 1 amide bonds. The Labute approximate surface area is 141 Å². The lowest BCUT2D eigenvalue weighted by Gasteiger charge is -2.04. The van der Waals surface area contributed by atoms with Crippen molar-refractivity contribution in [2.24, 2.45) is 5.73 Å². The average Bonchev–Trinajstić information content (AvgIpc) is 2.89. The highest BCUT2D eigenvalue weighted by molar-refractivity contribution is 6.14. The minimum atomic E-state index is -0.615. The van der Waals surface area contributed by atoms with Crippen LogP contribution in [0.4, 0.5) is 5.69 Å². The molecule has 0 saturated carbocycles. The van der Waals surface area contributed by atoms with Gasteiger partial charge in [0, 0.05) is 18.2 Å². The first-order valence-electron chi connectivity index (χ1n) is 7.18. The molecule has 0 spiro atoms. The molecule has 0 fully saturated rings. The number of ether oxygens (including phenoxy) is 2. The van der Waals surface area contributed by atoms with Crippen molar-refractivity contribution in [2.75, 3.05) is 6.61 Å². The Bertz CT molecular complexity index is 902. The van der Waals surface area contributed by atoms with E-state index in [0.29, 0.717) is 22.6 Å². The highest BCUT2D eigenvalue weighted by Crippen LogP contribution is 2.35. The molecule has 2 N–H and O–H groups in total. The molecule has 126 valence electrons. The fourth-order valence-corrected chi connectivity index (χ4v) is 2.26. The molecule has 8 nitrogen and oxygen atoms in total. The Balaban J connectivity index is 1.81. The van der Waals surface area contributed by atoms with Gasteiger partial charge in [-0.15, -0.1) is 0 Å². The molecule has 0 aliphatic carbocycles. The zero-order chi connectivity index (χ0) is 18.0. The summed E-state index contributed by atoms with van der Waals surface area (Å²) in [5.41, 5.74) is 5.92. The maximum absolute atomic E-state index is 12.3. The predicted molar refractivity (Wildman–Crippen MR) is 87.2 cm³/mol. The van der Waals surface area contributed by atoms with Crippen LogP contribution in [-0.2, 0) is 4.79 Å². The van der Waals surface area contributed by atoms with Gasteiger partial charge in [-0.25, -0.2) is 0 Å². The van der Waals surface area contributed by atoms with Gasteiger partial charge in [0.2, 0.25) is 5.78 Å². The number of hydrogen-bond donors (Lipinski definition) is 1. The molecule has 0 unspecified atom stereocenters. The van der Waals surface area contributed by atoms with Crippen LogP contribution in [-0.4, -0.2) is 23.2 Å². The average molecular weight is 340 g/mol. The third-order valence-electron chi connectivity index (χ3n) is 3.42. The van der Waals surface area contributed by atoms with Gasteiger partial charge < -0.3 is 15.2 Å². The van der Waals surface area contributed by atoms with Crippen LogP contribution < -0.4 is 15.2 Å². The molecule has 0 atom stereocenters. The molecule has 0 bridgehead atoms. The topological polar surface area (TPSA) is 122 Å². The minimum Gasteiger partial charge on any atom is -0.484 e. The number of benzene rings is 2. The van der Waals surface area contributed by atoms with Gasteiger partial charge in [-0.1, -0.05) is 0 Å². The fourth-order valence-electron chi connectivity index (χ4n) is 2.26.